The number of ether oxygens (including phenoxy) is 3. The Morgan fingerprint density at radius 1 is 0.951 bits per heavy atom. The number of methoxy groups -OCH3 is 2. The second-order valence-corrected chi connectivity index (χ2v) is 10.4. The third-order valence-corrected chi connectivity index (χ3v) is 7.41. The first-order valence-electron chi connectivity index (χ1n) is 14.4. The van der Waals surface area contributed by atoms with Gasteiger partial charge in [0.2, 0.25) is 0 Å². The fourth-order valence-electron chi connectivity index (χ4n) is 4.89. The summed E-state index contributed by atoms with van der Waals surface area (Å²) >= 11 is 0. The predicted octanol–water partition coefficient (Wildman–Crippen LogP) is 3.85. The zero-order chi connectivity index (χ0) is 29.5. The highest BCUT2D eigenvalue weighted by molar-refractivity contribution is 6.07. The molecule has 4 rings (SSSR count). The Morgan fingerprint density at radius 2 is 1.63 bits per heavy atom. The van der Waals surface area contributed by atoms with Gasteiger partial charge in [0.1, 0.15) is 18.2 Å². The number of likely N-dealkylation sites (N-methyl/N-ethyl adjacent to an activating group) is 1. The summed E-state index contributed by atoms with van der Waals surface area (Å²) in [6, 6.07) is 11.5. The van der Waals surface area contributed by atoms with Crippen molar-refractivity contribution in [2.75, 3.05) is 85.3 Å². The number of aryl methyl sites for hydroxylation is 1. The zero-order valence-electron chi connectivity index (χ0n) is 25.1. The van der Waals surface area contributed by atoms with Crippen molar-refractivity contribution in [1.82, 2.24) is 15.1 Å². The Balaban J connectivity index is 0.000000263. The zero-order valence-corrected chi connectivity index (χ0v) is 25.1. The molecule has 0 unspecified atom stereocenters. The van der Waals surface area contributed by atoms with Crippen LogP contribution in [0.15, 0.2) is 42.5 Å². The first-order chi connectivity index (χ1) is 19.9. The van der Waals surface area contributed by atoms with Crippen LogP contribution < -0.4 is 19.7 Å². The molecule has 0 spiro atoms. The lowest BCUT2D eigenvalue weighted by Gasteiger charge is -2.32. The average molecular weight is 567 g/mol. The van der Waals surface area contributed by atoms with E-state index >= 15 is 0 Å². The smallest absolute Gasteiger partial charge is 0.294 e. The maximum absolute atomic E-state index is 12.4. The van der Waals surface area contributed by atoms with Crippen molar-refractivity contribution in [3.05, 3.63) is 59.2 Å². The minimum Gasteiger partial charge on any atom is -0.496 e. The Bertz CT molecular complexity index is 1110. The van der Waals surface area contributed by atoms with Gasteiger partial charge in [-0.3, -0.25) is 14.9 Å². The Hall–Kier alpha value is -3.40. The van der Waals surface area contributed by atoms with Crippen LogP contribution in [0.4, 0.5) is 5.69 Å². The molecule has 0 saturated carbocycles. The Labute approximate surface area is 245 Å². The molecule has 2 aliphatic heterocycles. The molecule has 224 valence electrons. The Kier molecular flexibility index (Phi) is 13.6. The minimum atomic E-state index is -0.0226. The maximum Gasteiger partial charge on any atom is 0.294 e. The molecule has 2 fully saturated rings. The van der Waals surface area contributed by atoms with Crippen molar-refractivity contribution in [2.45, 2.75) is 26.2 Å². The van der Waals surface area contributed by atoms with Crippen molar-refractivity contribution >= 4 is 24.0 Å². The highest BCUT2D eigenvalue weighted by Crippen LogP contribution is 2.37. The first kappa shape index (κ1) is 32.1. The lowest BCUT2D eigenvalue weighted by Crippen LogP contribution is -2.45. The van der Waals surface area contributed by atoms with Gasteiger partial charge in [-0.1, -0.05) is 29.8 Å². The summed E-state index contributed by atoms with van der Waals surface area (Å²) < 4.78 is 15.6. The van der Waals surface area contributed by atoms with Gasteiger partial charge < -0.3 is 28.9 Å². The Morgan fingerprint density at radius 3 is 2.27 bits per heavy atom. The number of anilines is 1. The molecule has 0 amide bonds. The number of allylic oxidation sites excluding steroid dienone is 1. The van der Waals surface area contributed by atoms with Crippen LogP contribution in [0.5, 0.6) is 11.5 Å². The van der Waals surface area contributed by atoms with Crippen LogP contribution in [0.3, 0.4) is 0 Å². The molecule has 9 nitrogen and oxygen atoms in total. The third-order valence-electron chi connectivity index (χ3n) is 7.41. The van der Waals surface area contributed by atoms with E-state index in [4.69, 9.17) is 9.47 Å². The molecule has 9 heteroatoms. The second kappa shape index (κ2) is 17.4. The van der Waals surface area contributed by atoms with Crippen molar-refractivity contribution in [3.63, 3.8) is 0 Å². The number of benzene rings is 2. The van der Waals surface area contributed by atoms with E-state index in [0.717, 1.165) is 55.2 Å². The molecular formula is C32H46N4O5. The molecule has 2 aliphatic rings. The van der Waals surface area contributed by atoms with Crippen LogP contribution in [0.2, 0.25) is 0 Å². The van der Waals surface area contributed by atoms with E-state index in [1.165, 1.54) is 39.0 Å². The van der Waals surface area contributed by atoms with Gasteiger partial charge in [-0.2, -0.15) is 0 Å². The molecule has 41 heavy (non-hydrogen) atoms. The van der Waals surface area contributed by atoms with E-state index in [0.29, 0.717) is 24.5 Å². The van der Waals surface area contributed by atoms with E-state index in [9.17, 15) is 9.59 Å². The molecule has 0 atom stereocenters. The molecule has 0 aromatic heterocycles. The number of hydrogen-bond acceptors (Lipinski definition) is 9. The van der Waals surface area contributed by atoms with Gasteiger partial charge in [-0.25, -0.2) is 0 Å². The van der Waals surface area contributed by atoms with Crippen molar-refractivity contribution in [2.24, 2.45) is 0 Å². The SMILES string of the molecule is CN1CCN(CCCNCOC=O)CC1.COc1cc(OC)c(N2CCCC2)cc1/C=C/C(=O)c1ccc(C)cc1. The van der Waals surface area contributed by atoms with Crippen LogP contribution in [-0.2, 0) is 9.53 Å². The van der Waals surface area contributed by atoms with Gasteiger partial charge in [-0.05, 0) is 64.5 Å². The second-order valence-electron chi connectivity index (χ2n) is 10.4. The van der Waals surface area contributed by atoms with E-state index in [1.807, 2.05) is 49.4 Å². The van der Waals surface area contributed by atoms with Gasteiger partial charge in [0.15, 0.2) is 5.78 Å². The molecule has 2 heterocycles. The fraction of sp³-hybridized carbons (Fsp3) is 0.500. The van der Waals surface area contributed by atoms with E-state index in [-0.39, 0.29) is 5.78 Å². The van der Waals surface area contributed by atoms with Crippen LogP contribution in [-0.4, -0.2) is 102 Å². The molecule has 2 saturated heterocycles. The molecule has 0 aliphatic carbocycles. The quantitative estimate of drug-likeness (QED) is 0.128. The summed E-state index contributed by atoms with van der Waals surface area (Å²) in [5.74, 6) is 1.47. The normalized spacial score (nSPS) is 15.9. The summed E-state index contributed by atoms with van der Waals surface area (Å²) in [5, 5.41) is 3.04. The van der Waals surface area contributed by atoms with E-state index in [2.05, 4.69) is 31.8 Å². The van der Waals surface area contributed by atoms with Crippen molar-refractivity contribution in [1.29, 1.82) is 0 Å². The standard InChI is InChI=1S/C22H25NO3.C10H21N3O2/c1-16-6-8-17(9-7-16)20(24)11-10-18-14-19(23-12-4-5-13-23)22(26-3)15-21(18)25-2;1-12-5-7-13(8-6-12)4-2-3-11-9-15-10-14/h6-11,14-15H,4-5,12-13H2,1-3H3;10-11H,2-9H2,1H3/b11-10+;. The van der Waals surface area contributed by atoms with Gasteiger partial charge in [0.25, 0.3) is 6.47 Å². The molecule has 0 radical (unpaired) electrons. The van der Waals surface area contributed by atoms with Crippen LogP contribution >= 0.6 is 0 Å². The minimum absolute atomic E-state index is 0.0226. The van der Waals surface area contributed by atoms with Gasteiger partial charge in [-0.15, -0.1) is 0 Å². The van der Waals surface area contributed by atoms with Gasteiger partial charge in [0.05, 0.1) is 19.9 Å². The van der Waals surface area contributed by atoms with E-state index < -0.39 is 0 Å². The van der Waals surface area contributed by atoms with E-state index in [1.54, 1.807) is 20.3 Å². The monoisotopic (exact) mass is 566 g/mol. The summed E-state index contributed by atoms with van der Waals surface area (Å²) in [6.45, 7) is 11.5. The number of piperazine rings is 1. The van der Waals surface area contributed by atoms with Crippen LogP contribution in [0.25, 0.3) is 6.08 Å². The number of carbonyl (C=O) groups is 2. The number of carbonyl (C=O) groups excluding carboxylic acids is 2. The highest BCUT2D eigenvalue weighted by Gasteiger charge is 2.19. The number of ketones is 1. The van der Waals surface area contributed by atoms with Crippen LogP contribution in [0.1, 0.15) is 40.7 Å². The molecule has 1 N–H and O–H groups in total. The molecule has 2 aromatic rings. The number of nitrogens with one attached hydrogen (secondary N) is 1. The van der Waals surface area contributed by atoms with Crippen molar-refractivity contribution in [3.8, 4) is 11.5 Å². The summed E-state index contributed by atoms with van der Waals surface area (Å²) in [4.78, 5) is 29.4. The number of hydrogen-bond donors (Lipinski definition) is 1. The molecule has 2 aromatic carbocycles. The van der Waals surface area contributed by atoms with Crippen molar-refractivity contribution < 1.29 is 23.8 Å². The largest absolute Gasteiger partial charge is 0.496 e. The number of rotatable bonds is 13. The topological polar surface area (TPSA) is 83.6 Å². The highest BCUT2D eigenvalue weighted by atomic mass is 16.5. The lowest BCUT2D eigenvalue weighted by molar-refractivity contribution is -0.129. The molecular weight excluding hydrogens is 520 g/mol. The maximum atomic E-state index is 12.4. The lowest BCUT2D eigenvalue weighted by atomic mass is 10.1. The first-order valence-corrected chi connectivity index (χ1v) is 14.4. The average Bonchev–Trinajstić information content (AvgIpc) is 3.54. The fourth-order valence-corrected chi connectivity index (χ4v) is 4.89. The summed E-state index contributed by atoms with van der Waals surface area (Å²) in [7, 11) is 5.46. The summed E-state index contributed by atoms with van der Waals surface area (Å²) in [6.07, 6.45) is 6.90. The third kappa shape index (κ3) is 10.5. The van der Waals surface area contributed by atoms with Gasteiger partial charge >= 0.3 is 0 Å². The van der Waals surface area contributed by atoms with Crippen LogP contribution in [0, 0.1) is 6.92 Å². The number of nitrogens with zero attached hydrogens (tertiary/aromatic N) is 3. The summed E-state index contributed by atoms with van der Waals surface area (Å²) in [5.41, 5.74) is 3.74. The molecule has 0 bridgehead atoms. The predicted molar refractivity (Wildman–Crippen MR) is 164 cm³/mol. The van der Waals surface area contributed by atoms with Gasteiger partial charge in [0, 0.05) is 56.5 Å².